The Bertz CT molecular complexity index is 1030. The summed E-state index contributed by atoms with van der Waals surface area (Å²) in [6.45, 7) is 2.09. The zero-order valence-electron chi connectivity index (χ0n) is 14.2. The van der Waals surface area contributed by atoms with Crippen LogP contribution in [0.4, 0.5) is 5.13 Å². The molecule has 0 radical (unpaired) electrons. The minimum absolute atomic E-state index is 0.0292. The summed E-state index contributed by atoms with van der Waals surface area (Å²) in [5.74, 6) is 0.0177. The van der Waals surface area contributed by atoms with Crippen molar-refractivity contribution in [3.05, 3.63) is 40.3 Å². The summed E-state index contributed by atoms with van der Waals surface area (Å²) in [6.07, 6.45) is 0.793. The third kappa shape index (κ3) is 3.38. The number of carbonyl (C=O) groups excluding carboxylic acids is 1. The molecular formula is C17H16N4O2S3. The van der Waals surface area contributed by atoms with Crippen LogP contribution in [-0.4, -0.2) is 31.4 Å². The minimum atomic E-state index is -0.161. The summed E-state index contributed by atoms with van der Waals surface area (Å²) < 4.78 is 2.56. The van der Waals surface area contributed by atoms with Gasteiger partial charge in [0.2, 0.25) is 5.91 Å². The second kappa shape index (κ2) is 7.05. The van der Waals surface area contributed by atoms with E-state index < -0.39 is 0 Å². The van der Waals surface area contributed by atoms with Gasteiger partial charge in [0.1, 0.15) is 0 Å². The highest BCUT2D eigenvalue weighted by atomic mass is 32.2. The van der Waals surface area contributed by atoms with Crippen LogP contribution < -0.4 is 10.9 Å². The van der Waals surface area contributed by atoms with Crippen LogP contribution in [0.15, 0.2) is 39.1 Å². The van der Waals surface area contributed by atoms with Crippen LogP contribution in [0.5, 0.6) is 0 Å². The average molecular weight is 405 g/mol. The smallest absolute Gasteiger partial charge is 0.267 e. The van der Waals surface area contributed by atoms with Crippen molar-refractivity contribution in [2.75, 3.05) is 11.1 Å². The normalized spacial score (nSPS) is 16.0. The fourth-order valence-corrected chi connectivity index (χ4v) is 5.53. The molecule has 0 spiro atoms. The number of benzene rings is 1. The largest absolute Gasteiger partial charge is 0.301 e. The van der Waals surface area contributed by atoms with Gasteiger partial charge in [-0.15, -0.1) is 11.8 Å². The van der Waals surface area contributed by atoms with Gasteiger partial charge < -0.3 is 5.32 Å². The van der Waals surface area contributed by atoms with Crippen LogP contribution in [-0.2, 0) is 18.3 Å². The molecule has 2 aromatic heterocycles. The summed E-state index contributed by atoms with van der Waals surface area (Å²) in [4.78, 5) is 34.4. The van der Waals surface area contributed by atoms with Gasteiger partial charge in [-0.1, -0.05) is 42.2 Å². The number of nitrogens with one attached hydrogen (secondary N) is 1. The first-order chi connectivity index (χ1) is 12.5. The molecule has 0 fully saturated rings. The van der Waals surface area contributed by atoms with Gasteiger partial charge in [-0.25, -0.2) is 9.97 Å². The Morgan fingerprint density at radius 2 is 2.19 bits per heavy atom. The van der Waals surface area contributed by atoms with Gasteiger partial charge in [0.25, 0.3) is 5.56 Å². The zero-order valence-corrected chi connectivity index (χ0v) is 16.6. The van der Waals surface area contributed by atoms with Gasteiger partial charge in [0.15, 0.2) is 10.3 Å². The van der Waals surface area contributed by atoms with Crippen molar-refractivity contribution < 1.29 is 4.79 Å². The number of carbonyl (C=O) groups is 1. The summed E-state index contributed by atoms with van der Waals surface area (Å²) in [5, 5.41) is 4.35. The van der Waals surface area contributed by atoms with E-state index in [1.807, 2.05) is 24.3 Å². The summed E-state index contributed by atoms with van der Waals surface area (Å²) in [6, 6.07) is 7.75. The van der Waals surface area contributed by atoms with Gasteiger partial charge >= 0.3 is 0 Å². The van der Waals surface area contributed by atoms with E-state index >= 15 is 0 Å². The molecule has 26 heavy (non-hydrogen) atoms. The fraction of sp³-hybridized carbons (Fsp3) is 0.294. The fourth-order valence-electron chi connectivity index (χ4n) is 2.72. The first-order valence-electron chi connectivity index (χ1n) is 8.06. The standard InChI is InChI=1S/C17H16N4O2S3/c1-9-7-11-14(25-9)15(23)21(2)17(19-11)24-8-13(22)20-16-18-10-5-3-4-6-12(10)26-16/h3-6,9H,7-8H2,1-2H3,(H,18,20,22)/t9-/m1/s1. The highest BCUT2D eigenvalue weighted by molar-refractivity contribution is 8.00. The third-order valence-electron chi connectivity index (χ3n) is 3.95. The number of nitrogens with zero attached hydrogens (tertiary/aromatic N) is 3. The van der Waals surface area contributed by atoms with Gasteiger partial charge in [0.05, 0.1) is 26.6 Å². The Balaban J connectivity index is 1.45. The summed E-state index contributed by atoms with van der Waals surface area (Å²) in [5.41, 5.74) is 1.69. The number of amides is 1. The predicted molar refractivity (Wildman–Crippen MR) is 107 cm³/mol. The van der Waals surface area contributed by atoms with Gasteiger partial charge in [-0.3, -0.25) is 14.2 Å². The molecular weight excluding hydrogens is 388 g/mol. The lowest BCUT2D eigenvalue weighted by Gasteiger charge is -2.08. The molecule has 4 rings (SSSR count). The number of anilines is 1. The van der Waals surface area contributed by atoms with Crippen molar-refractivity contribution in [3.63, 3.8) is 0 Å². The number of para-hydroxylation sites is 1. The second-order valence-corrected chi connectivity index (χ2v) is 9.41. The molecule has 1 aromatic carbocycles. The van der Waals surface area contributed by atoms with Crippen LogP contribution in [0.1, 0.15) is 12.6 Å². The van der Waals surface area contributed by atoms with Gasteiger partial charge in [-0.2, -0.15) is 0 Å². The Hall–Kier alpha value is -1.84. The van der Waals surface area contributed by atoms with Crippen LogP contribution >= 0.6 is 34.9 Å². The number of rotatable bonds is 4. The highest BCUT2D eigenvalue weighted by Crippen LogP contribution is 2.34. The topological polar surface area (TPSA) is 76.9 Å². The van der Waals surface area contributed by atoms with Crippen molar-refractivity contribution in [2.45, 2.75) is 28.6 Å². The number of thioether (sulfide) groups is 2. The van der Waals surface area contributed by atoms with E-state index in [0.29, 0.717) is 15.5 Å². The lowest BCUT2D eigenvalue weighted by Crippen LogP contribution is -2.23. The molecule has 1 aliphatic heterocycles. The molecule has 0 bridgehead atoms. The van der Waals surface area contributed by atoms with E-state index in [1.165, 1.54) is 27.7 Å². The van der Waals surface area contributed by atoms with E-state index in [9.17, 15) is 9.59 Å². The third-order valence-corrected chi connectivity index (χ3v) is 7.15. The highest BCUT2D eigenvalue weighted by Gasteiger charge is 2.25. The molecule has 9 heteroatoms. The molecule has 6 nitrogen and oxygen atoms in total. The van der Waals surface area contributed by atoms with Crippen LogP contribution in [0.25, 0.3) is 10.2 Å². The summed E-state index contributed by atoms with van der Waals surface area (Å²) >= 11 is 4.29. The van der Waals surface area contributed by atoms with Crippen molar-refractivity contribution in [1.29, 1.82) is 0 Å². The van der Waals surface area contributed by atoms with E-state index in [4.69, 9.17) is 0 Å². The van der Waals surface area contributed by atoms with Crippen LogP contribution in [0, 0.1) is 0 Å². The molecule has 1 N–H and O–H groups in total. The van der Waals surface area contributed by atoms with E-state index in [1.54, 1.807) is 18.8 Å². The monoisotopic (exact) mass is 404 g/mol. The maximum Gasteiger partial charge on any atom is 0.267 e. The number of hydrogen-bond acceptors (Lipinski definition) is 7. The predicted octanol–water partition coefficient (Wildman–Crippen LogP) is 3.16. The maximum absolute atomic E-state index is 12.4. The van der Waals surface area contributed by atoms with Crippen molar-refractivity contribution in [1.82, 2.24) is 14.5 Å². The minimum Gasteiger partial charge on any atom is -0.301 e. The number of aromatic nitrogens is 3. The number of fused-ring (bicyclic) bond motifs is 2. The number of hydrogen-bond donors (Lipinski definition) is 1. The van der Waals surface area contributed by atoms with Gasteiger partial charge in [0, 0.05) is 18.7 Å². The van der Waals surface area contributed by atoms with Gasteiger partial charge in [-0.05, 0) is 12.1 Å². The molecule has 134 valence electrons. The molecule has 3 heterocycles. The number of thiazole rings is 1. The lowest BCUT2D eigenvalue weighted by molar-refractivity contribution is -0.113. The molecule has 1 aliphatic rings. The molecule has 3 aromatic rings. The van der Waals surface area contributed by atoms with Crippen LogP contribution in [0.2, 0.25) is 0 Å². The average Bonchev–Trinajstić information content (AvgIpc) is 3.19. The van der Waals surface area contributed by atoms with Crippen molar-refractivity contribution >= 4 is 56.1 Å². The molecule has 0 saturated carbocycles. The van der Waals surface area contributed by atoms with E-state index in [-0.39, 0.29) is 17.2 Å². The SMILES string of the molecule is C[C@@H]1Cc2nc(SCC(=O)Nc3nc4ccccc4s3)n(C)c(=O)c2S1. The van der Waals surface area contributed by atoms with E-state index in [0.717, 1.165) is 27.2 Å². The quantitative estimate of drug-likeness (QED) is 0.532. The maximum atomic E-state index is 12.4. The lowest BCUT2D eigenvalue weighted by atomic mass is 10.2. The molecule has 0 unspecified atom stereocenters. The summed E-state index contributed by atoms with van der Waals surface area (Å²) in [7, 11) is 1.70. The zero-order chi connectivity index (χ0) is 18.3. The Kier molecular flexibility index (Phi) is 4.76. The Morgan fingerprint density at radius 3 is 3.00 bits per heavy atom. The van der Waals surface area contributed by atoms with Crippen LogP contribution in [0.3, 0.4) is 0 Å². The second-order valence-electron chi connectivity index (χ2n) is 5.99. The Labute approximate surface area is 162 Å². The first-order valence-corrected chi connectivity index (χ1v) is 10.7. The first kappa shape index (κ1) is 17.6. The van der Waals surface area contributed by atoms with E-state index in [2.05, 4.69) is 22.2 Å². The molecule has 1 amide bonds. The molecule has 1 atom stereocenters. The molecule has 0 aliphatic carbocycles. The molecule has 0 saturated heterocycles. The Morgan fingerprint density at radius 1 is 1.38 bits per heavy atom. The van der Waals surface area contributed by atoms with Crippen molar-refractivity contribution in [2.24, 2.45) is 7.05 Å². The van der Waals surface area contributed by atoms with Crippen molar-refractivity contribution in [3.8, 4) is 0 Å².